The Morgan fingerprint density at radius 2 is 1.68 bits per heavy atom. The fourth-order valence-electron chi connectivity index (χ4n) is 4.07. The fraction of sp³-hybridized carbons (Fsp3) is 0.381. The number of hydrogen-bond acceptors (Lipinski definition) is 3. The van der Waals surface area contributed by atoms with Crippen LogP contribution in [0.15, 0.2) is 48.5 Å². The summed E-state index contributed by atoms with van der Waals surface area (Å²) in [6, 6.07) is 17.1. The van der Waals surface area contributed by atoms with Crippen molar-refractivity contribution in [1.82, 2.24) is 9.80 Å². The van der Waals surface area contributed by atoms with Crippen LogP contribution < -0.4 is 4.74 Å². The van der Waals surface area contributed by atoms with Crippen molar-refractivity contribution in [2.75, 3.05) is 20.1 Å². The van der Waals surface area contributed by atoms with E-state index >= 15 is 0 Å². The predicted octanol–water partition coefficient (Wildman–Crippen LogP) is 3.82. The molecule has 1 saturated heterocycles. The zero-order valence-corrected chi connectivity index (χ0v) is 14.8. The third-order valence-corrected chi connectivity index (χ3v) is 5.48. The summed E-state index contributed by atoms with van der Waals surface area (Å²) >= 11 is 0. The minimum Gasteiger partial charge on any atom is -0.457 e. The molecule has 2 aliphatic heterocycles. The number of rotatable bonds is 2. The van der Waals surface area contributed by atoms with Crippen molar-refractivity contribution in [1.29, 1.82) is 0 Å². The molecule has 2 heterocycles. The second-order valence-corrected chi connectivity index (χ2v) is 7.00. The molecule has 25 heavy (non-hydrogen) atoms. The Morgan fingerprint density at radius 3 is 2.28 bits per heavy atom. The first kappa shape index (κ1) is 16.2. The zero-order valence-electron chi connectivity index (χ0n) is 14.8. The number of likely N-dealkylation sites (N-methyl/N-ethyl adjacent to an activating group) is 1. The van der Waals surface area contributed by atoms with Crippen molar-refractivity contribution in [3.05, 3.63) is 59.7 Å². The fourth-order valence-corrected chi connectivity index (χ4v) is 4.07. The van der Waals surface area contributed by atoms with Crippen LogP contribution in [0.2, 0.25) is 0 Å². The maximum atomic E-state index is 11.8. The number of hydrogen-bond donors (Lipinski definition) is 0. The molecule has 130 valence electrons. The van der Waals surface area contributed by atoms with Crippen LogP contribution in [0.3, 0.4) is 0 Å². The smallest absolute Gasteiger partial charge is 0.219 e. The van der Waals surface area contributed by atoms with Crippen molar-refractivity contribution in [2.45, 2.75) is 31.8 Å². The number of carbonyl (C=O) groups is 1. The standard InChI is InChI=1S/C21H24N2O2/c1-15(24)22(2)16-8-7-13-23(14-16)21-17-9-3-5-11-19(17)25-20-12-6-4-10-18(20)21/h3-6,9-12,16,21H,7-8,13-14H2,1-2H3. The van der Waals surface area contributed by atoms with Crippen LogP contribution in [0.5, 0.6) is 11.5 Å². The van der Waals surface area contributed by atoms with Crippen LogP contribution in [-0.2, 0) is 4.79 Å². The summed E-state index contributed by atoms with van der Waals surface area (Å²) < 4.78 is 6.12. The summed E-state index contributed by atoms with van der Waals surface area (Å²) in [5.74, 6) is 2.01. The summed E-state index contributed by atoms with van der Waals surface area (Å²) in [6.45, 7) is 3.58. The van der Waals surface area contributed by atoms with Crippen molar-refractivity contribution < 1.29 is 9.53 Å². The maximum absolute atomic E-state index is 11.8. The average Bonchev–Trinajstić information content (AvgIpc) is 2.65. The van der Waals surface area contributed by atoms with E-state index in [9.17, 15) is 4.79 Å². The van der Waals surface area contributed by atoms with Gasteiger partial charge < -0.3 is 9.64 Å². The van der Waals surface area contributed by atoms with Crippen LogP contribution in [0.1, 0.15) is 36.9 Å². The van der Waals surface area contributed by atoms with E-state index in [4.69, 9.17) is 4.74 Å². The van der Waals surface area contributed by atoms with E-state index in [0.717, 1.165) is 37.4 Å². The topological polar surface area (TPSA) is 32.8 Å². The second-order valence-electron chi connectivity index (χ2n) is 7.00. The SMILES string of the molecule is CC(=O)N(C)C1CCCN(C2c3ccccc3Oc3ccccc32)C1. The largest absolute Gasteiger partial charge is 0.457 e. The lowest BCUT2D eigenvalue weighted by Crippen LogP contribution is -2.49. The number of para-hydroxylation sites is 2. The van der Waals surface area contributed by atoms with E-state index in [1.165, 1.54) is 11.1 Å². The molecule has 0 radical (unpaired) electrons. The van der Waals surface area contributed by atoms with Gasteiger partial charge in [-0.1, -0.05) is 36.4 Å². The quantitative estimate of drug-likeness (QED) is 0.836. The molecule has 2 aromatic carbocycles. The molecule has 0 aromatic heterocycles. The number of likely N-dealkylation sites (tertiary alicyclic amines) is 1. The first-order valence-electron chi connectivity index (χ1n) is 8.98. The van der Waals surface area contributed by atoms with Crippen LogP contribution in [0.4, 0.5) is 0 Å². The van der Waals surface area contributed by atoms with Gasteiger partial charge in [-0.3, -0.25) is 9.69 Å². The van der Waals surface area contributed by atoms with Crippen molar-refractivity contribution >= 4 is 5.91 Å². The number of ether oxygens (including phenoxy) is 1. The van der Waals surface area contributed by atoms with Gasteiger partial charge in [-0.2, -0.15) is 0 Å². The van der Waals surface area contributed by atoms with Crippen molar-refractivity contribution in [3.8, 4) is 11.5 Å². The van der Waals surface area contributed by atoms with Gasteiger partial charge in [-0.25, -0.2) is 0 Å². The number of fused-ring (bicyclic) bond motifs is 2. The van der Waals surface area contributed by atoms with Gasteiger partial charge in [0.1, 0.15) is 11.5 Å². The molecule has 1 fully saturated rings. The number of benzene rings is 2. The molecule has 2 aliphatic rings. The third kappa shape index (κ3) is 2.91. The zero-order chi connectivity index (χ0) is 17.4. The molecular formula is C21H24N2O2. The minimum atomic E-state index is 0.139. The lowest BCUT2D eigenvalue weighted by atomic mass is 9.91. The molecular weight excluding hydrogens is 312 g/mol. The Labute approximate surface area is 149 Å². The Morgan fingerprint density at radius 1 is 1.08 bits per heavy atom. The number of amides is 1. The Kier molecular flexibility index (Phi) is 4.22. The van der Waals surface area contributed by atoms with Gasteiger partial charge in [0.05, 0.1) is 6.04 Å². The van der Waals surface area contributed by atoms with Gasteiger partial charge in [0, 0.05) is 37.7 Å². The average molecular weight is 336 g/mol. The molecule has 0 N–H and O–H groups in total. The van der Waals surface area contributed by atoms with Gasteiger partial charge in [0.25, 0.3) is 0 Å². The van der Waals surface area contributed by atoms with Gasteiger partial charge in [0.2, 0.25) is 5.91 Å². The molecule has 2 aromatic rings. The van der Waals surface area contributed by atoms with E-state index in [1.807, 2.05) is 36.2 Å². The molecule has 4 heteroatoms. The molecule has 0 bridgehead atoms. The first-order chi connectivity index (χ1) is 12.1. The Balaban J connectivity index is 1.71. The molecule has 0 saturated carbocycles. The highest BCUT2D eigenvalue weighted by molar-refractivity contribution is 5.73. The summed E-state index contributed by atoms with van der Waals surface area (Å²) in [6.07, 6.45) is 2.17. The molecule has 4 nitrogen and oxygen atoms in total. The normalized spacial score (nSPS) is 20.3. The molecule has 0 spiro atoms. The van der Waals surface area contributed by atoms with Gasteiger partial charge in [-0.15, -0.1) is 0 Å². The summed E-state index contributed by atoms with van der Waals surface area (Å²) in [5.41, 5.74) is 2.43. The molecule has 4 rings (SSSR count). The maximum Gasteiger partial charge on any atom is 0.219 e. The van der Waals surface area contributed by atoms with E-state index in [1.54, 1.807) is 6.92 Å². The molecule has 1 amide bonds. The van der Waals surface area contributed by atoms with Crippen LogP contribution in [0, 0.1) is 0 Å². The Hall–Kier alpha value is -2.33. The summed E-state index contributed by atoms with van der Waals surface area (Å²) in [4.78, 5) is 16.2. The van der Waals surface area contributed by atoms with E-state index in [0.29, 0.717) is 0 Å². The van der Waals surface area contributed by atoms with Crippen LogP contribution in [0.25, 0.3) is 0 Å². The van der Waals surface area contributed by atoms with E-state index in [2.05, 4.69) is 29.2 Å². The lowest BCUT2D eigenvalue weighted by Gasteiger charge is -2.43. The van der Waals surface area contributed by atoms with Crippen LogP contribution in [-0.4, -0.2) is 41.9 Å². The van der Waals surface area contributed by atoms with Crippen molar-refractivity contribution in [3.63, 3.8) is 0 Å². The van der Waals surface area contributed by atoms with Gasteiger partial charge >= 0.3 is 0 Å². The highest BCUT2D eigenvalue weighted by atomic mass is 16.5. The molecule has 0 aliphatic carbocycles. The van der Waals surface area contributed by atoms with Crippen LogP contribution >= 0.6 is 0 Å². The minimum absolute atomic E-state index is 0.139. The molecule has 1 unspecified atom stereocenters. The van der Waals surface area contributed by atoms with Crippen molar-refractivity contribution in [2.24, 2.45) is 0 Å². The second kappa shape index (κ2) is 6.52. The van der Waals surface area contributed by atoms with E-state index < -0.39 is 0 Å². The summed E-state index contributed by atoms with van der Waals surface area (Å²) in [7, 11) is 1.92. The van der Waals surface area contributed by atoms with Gasteiger partial charge in [-0.05, 0) is 31.5 Å². The highest BCUT2D eigenvalue weighted by Gasteiger charge is 2.35. The highest BCUT2D eigenvalue weighted by Crippen LogP contribution is 2.46. The summed E-state index contributed by atoms with van der Waals surface area (Å²) in [5, 5.41) is 0. The number of piperidine rings is 1. The van der Waals surface area contributed by atoms with Gasteiger partial charge in [0.15, 0.2) is 0 Å². The third-order valence-electron chi connectivity index (χ3n) is 5.48. The predicted molar refractivity (Wildman–Crippen MR) is 97.8 cm³/mol. The number of nitrogens with zero attached hydrogens (tertiary/aromatic N) is 2. The lowest BCUT2D eigenvalue weighted by molar-refractivity contribution is -0.130. The monoisotopic (exact) mass is 336 g/mol. The first-order valence-corrected chi connectivity index (χ1v) is 8.98. The Bertz CT molecular complexity index is 743. The van der Waals surface area contributed by atoms with E-state index in [-0.39, 0.29) is 18.0 Å². The number of carbonyl (C=O) groups excluding carboxylic acids is 1. The molecule has 1 atom stereocenters.